The van der Waals surface area contributed by atoms with Gasteiger partial charge in [-0.2, -0.15) is 0 Å². The first-order valence-electron chi connectivity index (χ1n) is 7.36. The molecule has 1 aromatic rings. The van der Waals surface area contributed by atoms with Crippen molar-refractivity contribution in [2.24, 2.45) is 0 Å². The van der Waals surface area contributed by atoms with Crippen molar-refractivity contribution in [1.82, 2.24) is 20.2 Å². The summed E-state index contributed by atoms with van der Waals surface area (Å²) < 4.78 is 2.19. The summed E-state index contributed by atoms with van der Waals surface area (Å²) in [7, 11) is 0. The summed E-state index contributed by atoms with van der Waals surface area (Å²) in [4.78, 5) is 15.9. The average Bonchev–Trinajstić information content (AvgIpc) is 2.91. The highest BCUT2D eigenvalue weighted by Gasteiger charge is 2.23. The number of aromatic nitrogens is 2. The Morgan fingerprint density at radius 2 is 2.37 bits per heavy atom. The third-order valence-corrected chi connectivity index (χ3v) is 3.91. The Morgan fingerprint density at radius 3 is 3.11 bits per heavy atom. The molecule has 0 aromatic carbocycles. The second-order valence-electron chi connectivity index (χ2n) is 5.61. The van der Waals surface area contributed by atoms with Gasteiger partial charge in [0.15, 0.2) is 0 Å². The molecule has 3 rings (SSSR count). The molecule has 1 saturated heterocycles. The van der Waals surface area contributed by atoms with Crippen molar-refractivity contribution in [3.63, 3.8) is 0 Å². The molecule has 1 amide bonds. The second-order valence-corrected chi connectivity index (χ2v) is 5.61. The van der Waals surface area contributed by atoms with Gasteiger partial charge >= 0.3 is 0 Å². The molecule has 1 aromatic heterocycles. The van der Waals surface area contributed by atoms with Gasteiger partial charge in [0.1, 0.15) is 0 Å². The lowest BCUT2D eigenvalue weighted by atomic mass is 10.1. The number of nitrogens with zero attached hydrogens (tertiary/aromatic N) is 2. The number of hydrogen-bond donors (Lipinski definition) is 2. The number of aryl methyl sites for hydroxylation is 1. The molecular weight excluding hydrogens is 240 g/mol. The van der Waals surface area contributed by atoms with E-state index in [1.54, 1.807) is 0 Å². The molecule has 1 saturated carbocycles. The van der Waals surface area contributed by atoms with Crippen molar-refractivity contribution in [3.8, 4) is 0 Å². The second kappa shape index (κ2) is 5.74. The number of carbonyl (C=O) groups is 1. The van der Waals surface area contributed by atoms with Crippen molar-refractivity contribution in [3.05, 3.63) is 18.2 Å². The van der Waals surface area contributed by atoms with Gasteiger partial charge in [0.2, 0.25) is 5.91 Å². The maximum absolute atomic E-state index is 11.6. The first kappa shape index (κ1) is 12.7. The van der Waals surface area contributed by atoms with Gasteiger partial charge in [-0.3, -0.25) is 4.79 Å². The van der Waals surface area contributed by atoms with Gasteiger partial charge in [-0.05, 0) is 38.6 Å². The zero-order chi connectivity index (χ0) is 13.1. The summed E-state index contributed by atoms with van der Waals surface area (Å²) in [5.74, 6) is 0.197. The van der Waals surface area contributed by atoms with E-state index in [2.05, 4.69) is 20.2 Å². The highest BCUT2D eigenvalue weighted by Crippen LogP contribution is 2.23. The molecule has 2 aliphatic rings. The predicted molar refractivity (Wildman–Crippen MR) is 72.6 cm³/mol. The van der Waals surface area contributed by atoms with Crippen LogP contribution in [0, 0.1) is 0 Å². The molecule has 1 atom stereocenters. The topological polar surface area (TPSA) is 59.0 Å². The summed E-state index contributed by atoms with van der Waals surface area (Å²) in [6, 6.07) is 0.918. The fraction of sp³-hybridized carbons (Fsp3) is 0.714. The standard InChI is InChI=1S/C14H22N4O/c19-14(17-11-5-6-11)4-2-8-18-10-15-9-13(18)12-3-1-7-16-12/h9-12,16H,1-8H2,(H,17,19)/t12-/m0/s1. The van der Waals surface area contributed by atoms with Gasteiger partial charge in [0.25, 0.3) is 0 Å². The molecule has 2 heterocycles. The maximum atomic E-state index is 11.6. The van der Waals surface area contributed by atoms with Crippen molar-refractivity contribution >= 4 is 5.91 Å². The van der Waals surface area contributed by atoms with E-state index in [0.717, 1.165) is 32.4 Å². The number of amides is 1. The summed E-state index contributed by atoms with van der Waals surface area (Å²) in [6.45, 7) is 1.98. The molecule has 1 aliphatic heterocycles. The minimum absolute atomic E-state index is 0.197. The molecule has 2 fully saturated rings. The van der Waals surface area contributed by atoms with Gasteiger partial charge < -0.3 is 15.2 Å². The third-order valence-electron chi connectivity index (χ3n) is 3.91. The number of nitrogens with one attached hydrogen (secondary N) is 2. The van der Waals surface area contributed by atoms with E-state index in [1.165, 1.54) is 18.5 Å². The minimum Gasteiger partial charge on any atom is -0.353 e. The van der Waals surface area contributed by atoms with Crippen LogP contribution in [0.25, 0.3) is 0 Å². The van der Waals surface area contributed by atoms with Crippen LogP contribution in [0.15, 0.2) is 12.5 Å². The highest BCUT2D eigenvalue weighted by atomic mass is 16.1. The average molecular weight is 262 g/mol. The van der Waals surface area contributed by atoms with E-state index in [-0.39, 0.29) is 5.91 Å². The monoisotopic (exact) mass is 262 g/mol. The number of rotatable bonds is 6. The van der Waals surface area contributed by atoms with E-state index >= 15 is 0 Å². The molecule has 5 nitrogen and oxygen atoms in total. The Balaban J connectivity index is 1.46. The van der Waals surface area contributed by atoms with Crippen molar-refractivity contribution in [2.45, 2.75) is 57.2 Å². The molecule has 5 heteroatoms. The number of imidazole rings is 1. The molecule has 104 valence electrons. The van der Waals surface area contributed by atoms with Crippen LogP contribution in [-0.4, -0.2) is 28.0 Å². The van der Waals surface area contributed by atoms with Gasteiger partial charge in [-0.25, -0.2) is 4.98 Å². The SMILES string of the molecule is O=C(CCCn1cncc1[C@@H]1CCCN1)NC1CC1. The Kier molecular flexibility index (Phi) is 3.82. The van der Waals surface area contributed by atoms with Crippen LogP contribution < -0.4 is 10.6 Å². The largest absolute Gasteiger partial charge is 0.353 e. The lowest BCUT2D eigenvalue weighted by Gasteiger charge is -2.13. The van der Waals surface area contributed by atoms with Crippen LogP contribution in [0.2, 0.25) is 0 Å². The van der Waals surface area contributed by atoms with E-state index in [9.17, 15) is 4.79 Å². The van der Waals surface area contributed by atoms with E-state index in [1.807, 2.05) is 12.5 Å². The zero-order valence-corrected chi connectivity index (χ0v) is 11.3. The van der Waals surface area contributed by atoms with Crippen molar-refractivity contribution in [1.29, 1.82) is 0 Å². The maximum Gasteiger partial charge on any atom is 0.220 e. The fourth-order valence-electron chi connectivity index (χ4n) is 2.68. The molecule has 1 aliphatic carbocycles. The van der Waals surface area contributed by atoms with Crippen LogP contribution in [0.5, 0.6) is 0 Å². The first-order chi connectivity index (χ1) is 9.33. The van der Waals surface area contributed by atoms with E-state index < -0.39 is 0 Å². The molecule has 0 spiro atoms. The molecular formula is C14H22N4O. The smallest absolute Gasteiger partial charge is 0.220 e. The number of hydrogen-bond acceptors (Lipinski definition) is 3. The van der Waals surface area contributed by atoms with Crippen LogP contribution in [-0.2, 0) is 11.3 Å². The number of carbonyl (C=O) groups excluding carboxylic acids is 1. The molecule has 0 unspecified atom stereocenters. The summed E-state index contributed by atoms with van der Waals surface area (Å²) in [5.41, 5.74) is 1.26. The molecule has 19 heavy (non-hydrogen) atoms. The van der Waals surface area contributed by atoms with Gasteiger partial charge in [-0.15, -0.1) is 0 Å². The Hall–Kier alpha value is -1.36. The van der Waals surface area contributed by atoms with E-state index in [0.29, 0.717) is 18.5 Å². The van der Waals surface area contributed by atoms with Gasteiger partial charge in [0, 0.05) is 31.2 Å². The summed E-state index contributed by atoms with van der Waals surface area (Å²) in [5, 5.41) is 6.52. The van der Waals surface area contributed by atoms with Crippen LogP contribution in [0.4, 0.5) is 0 Å². The minimum atomic E-state index is 0.197. The quantitative estimate of drug-likeness (QED) is 0.814. The molecule has 0 bridgehead atoms. The van der Waals surface area contributed by atoms with Crippen molar-refractivity contribution < 1.29 is 4.79 Å². The van der Waals surface area contributed by atoms with Crippen molar-refractivity contribution in [2.75, 3.05) is 6.54 Å². The van der Waals surface area contributed by atoms with Crippen LogP contribution in [0.3, 0.4) is 0 Å². The molecule has 2 N–H and O–H groups in total. The van der Waals surface area contributed by atoms with Crippen LogP contribution in [0.1, 0.15) is 50.3 Å². The Labute approximate surface area is 113 Å². The van der Waals surface area contributed by atoms with Gasteiger partial charge in [-0.1, -0.05) is 0 Å². The fourth-order valence-corrected chi connectivity index (χ4v) is 2.68. The predicted octanol–water partition coefficient (Wildman–Crippen LogP) is 1.37. The molecule has 0 radical (unpaired) electrons. The lowest BCUT2D eigenvalue weighted by Crippen LogP contribution is -2.25. The van der Waals surface area contributed by atoms with Gasteiger partial charge in [0.05, 0.1) is 12.0 Å². The van der Waals surface area contributed by atoms with Crippen LogP contribution >= 0.6 is 0 Å². The van der Waals surface area contributed by atoms with E-state index in [4.69, 9.17) is 0 Å². The summed E-state index contributed by atoms with van der Waals surface area (Å²) in [6.07, 6.45) is 10.1. The third kappa shape index (κ3) is 3.35. The Bertz CT molecular complexity index is 432. The normalized spacial score (nSPS) is 22.6. The highest BCUT2D eigenvalue weighted by molar-refractivity contribution is 5.76. The zero-order valence-electron chi connectivity index (χ0n) is 11.3. The lowest BCUT2D eigenvalue weighted by molar-refractivity contribution is -0.121. The Morgan fingerprint density at radius 1 is 1.47 bits per heavy atom. The summed E-state index contributed by atoms with van der Waals surface area (Å²) >= 11 is 0. The first-order valence-corrected chi connectivity index (χ1v) is 7.36.